The highest BCUT2D eigenvalue weighted by molar-refractivity contribution is 9.11. The Kier molecular flexibility index (Phi) is 5.67. The number of rotatable bonds is 3. The zero-order chi connectivity index (χ0) is 19.8. The van der Waals surface area contributed by atoms with Gasteiger partial charge in [-0.2, -0.15) is 17.5 Å². The number of halogens is 4. The van der Waals surface area contributed by atoms with E-state index in [0.717, 1.165) is 23.5 Å². The molecule has 0 atom stereocenters. The van der Waals surface area contributed by atoms with Crippen LogP contribution in [0.15, 0.2) is 44.4 Å². The van der Waals surface area contributed by atoms with Crippen molar-refractivity contribution in [3.8, 4) is 0 Å². The summed E-state index contributed by atoms with van der Waals surface area (Å²) in [5.41, 5.74) is -1.42. The average molecular weight is 483 g/mol. The summed E-state index contributed by atoms with van der Waals surface area (Å²) in [5.74, 6) is -0.751. The molecule has 1 amide bonds. The van der Waals surface area contributed by atoms with E-state index < -0.39 is 33.2 Å². The topological polar surface area (TPSA) is 57.7 Å². The molecule has 3 rings (SSSR count). The van der Waals surface area contributed by atoms with Crippen LogP contribution in [0.2, 0.25) is 0 Å². The first kappa shape index (κ1) is 20.3. The Labute approximate surface area is 166 Å². The van der Waals surface area contributed by atoms with Crippen molar-refractivity contribution in [3.05, 3.63) is 51.3 Å². The zero-order valence-corrected chi connectivity index (χ0v) is 17.0. The van der Waals surface area contributed by atoms with Crippen LogP contribution in [0.4, 0.5) is 13.2 Å². The lowest BCUT2D eigenvalue weighted by Crippen LogP contribution is -2.50. The molecule has 0 unspecified atom stereocenters. The van der Waals surface area contributed by atoms with Gasteiger partial charge in [0.2, 0.25) is 0 Å². The monoisotopic (exact) mass is 482 g/mol. The Morgan fingerprint density at radius 1 is 1.04 bits per heavy atom. The number of nitrogens with zero attached hydrogens (tertiary/aromatic N) is 2. The molecule has 0 spiro atoms. The second-order valence-corrected chi connectivity index (χ2v) is 10.4. The van der Waals surface area contributed by atoms with Crippen LogP contribution in [0.1, 0.15) is 15.9 Å². The van der Waals surface area contributed by atoms with Crippen molar-refractivity contribution in [3.63, 3.8) is 0 Å². The minimum Gasteiger partial charge on any atom is -0.336 e. The van der Waals surface area contributed by atoms with Gasteiger partial charge in [-0.1, -0.05) is 12.1 Å². The van der Waals surface area contributed by atoms with E-state index in [1.165, 1.54) is 27.4 Å². The van der Waals surface area contributed by atoms with Crippen LogP contribution in [0.25, 0.3) is 0 Å². The number of amides is 1. The maximum atomic E-state index is 13.1. The molecular formula is C16H14BrF3N2O3S2. The third-order valence-electron chi connectivity index (χ3n) is 4.13. The summed E-state index contributed by atoms with van der Waals surface area (Å²) < 4.78 is 66.7. The number of carbonyl (C=O) groups excluding carboxylic acids is 1. The Morgan fingerprint density at radius 3 is 2.22 bits per heavy atom. The van der Waals surface area contributed by atoms with Crippen LogP contribution in [0, 0.1) is 0 Å². The zero-order valence-electron chi connectivity index (χ0n) is 13.7. The molecule has 5 nitrogen and oxygen atoms in total. The first-order valence-electron chi connectivity index (χ1n) is 7.81. The van der Waals surface area contributed by atoms with E-state index in [1.54, 1.807) is 6.07 Å². The number of thiophene rings is 1. The lowest BCUT2D eigenvalue weighted by molar-refractivity contribution is -0.138. The molecule has 146 valence electrons. The molecule has 2 heterocycles. The van der Waals surface area contributed by atoms with E-state index >= 15 is 0 Å². The highest BCUT2D eigenvalue weighted by atomic mass is 79.9. The molecule has 1 aliphatic heterocycles. The molecule has 1 aromatic heterocycles. The second-order valence-electron chi connectivity index (χ2n) is 5.80. The van der Waals surface area contributed by atoms with E-state index in [2.05, 4.69) is 15.9 Å². The minimum atomic E-state index is -4.63. The van der Waals surface area contributed by atoms with Crippen molar-refractivity contribution < 1.29 is 26.4 Å². The number of carbonyl (C=O) groups is 1. The molecule has 11 heteroatoms. The molecule has 1 fully saturated rings. The smallest absolute Gasteiger partial charge is 0.336 e. The van der Waals surface area contributed by atoms with Gasteiger partial charge in [0.05, 0.1) is 14.9 Å². The molecule has 27 heavy (non-hydrogen) atoms. The highest BCUT2D eigenvalue weighted by Gasteiger charge is 2.37. The van der Waals surface area contributed by atoms with Gasteiger partial charge in [-0.05, 0) is 40.2 Å². The van der Waals surface area contributed by atoms with Crippen LogP contribution >= 0.6 is 27.3 Å². The first-order valence-corrected chi connectivity index (χ1v) is 10.9. The number of benzene rings is 1. The maximum Gasteiger partial charge on any atom is 0.417 e. The minimum absolute atomic E-state index is 0.0246. The molecule has 1 saturated heterocycles. The third kappa shape index (κ3) is 4.20. The number of hydrogen-bond acceptors (Lipinski definition) is 4. The summed E-state index contributed by atoms with van der Waals surface area (Å²) in [4.78, 5) is 13.8. The summed E-state index contributed by atoms with van der Waals surface area (Å²) in [7, 11) is -3.68. The first-order chi connectivity index (χ1) is 12.6. The normalized spacial score (nSPS) is 16.5. The van der Waals surface area contributed by atoms with Crippen molar-refractivity contribution in [2.45, 2.75) is 10.4 Å². The SMILES string of the molecule is O=C(c1ccccc1C(F)(F)F)N1CCN(S(=O)(=O)c2ccc(Br)s2)CC1. The number of sulfonamides is 1. The fourth-order valence-corrected chi connectivity index (χ4v) is 6.37. The van der Waals surface area contributed by atoms with Gasteiger partial charge < -0.3 is 4.90 Å². The van der Waals surface area contributed by atoms with E-state index in [1.807, 2.05) is 0 Å². The molecule has 0 N–H and O–H groups in total. The van der Waals surface area contributed by atoms with Gasteiger partial charge in [0.1, 0.15) is 4.21 Å². The summed E-state index contributed by atoms with van der Waals surface area (Å²) in [5, 5.41) is 0. The summed E-state index contributed by atoms with van der Waals surface area (Å²) in [6, 6.07) is 7.72. The predicted octanol–water partition coefficient (Wildman–Crippen LogP) is 3.68. The molecule has 1 aromatic carbocycles. The number of piperazine rings is 1. The molecule has 0 saturated carbocycles. The molecule has 0 radical (unpaired) electrons. The maximum absolute atomic E-state index is 13.1. The second kappa shape index (κ2) is 7.53. The number of alkyl halides is 3. The van der Waals surface area contributed by atoms with Crippen molar-refractivity contribution >= 4 is 43.2 Å². The van der Waals surface area contributed by atoms with Gasteiger partial charge in [0.15, 0.2) is 0 Å². The van der Waals surface area contributed by atoms with Crippen molar-refractivity contribution in [2.75, 3.05) is 26.2 Å². The predicted molar refractivity (Wildman–Crippen MR) is 98.1 cm³/mol. The molecular weight excluding hydrogens is 469 g/mol. The van der Waals surface area contributed by atoms with Crippen molar-refractivity contribution in [1.29, 1.82) is 0 Å². The third-order valence-corrected chi connectivity index (χ3v) is 8.12. The van der Waals surface area contributed by atoms with Crippen molar-refractivity contribution in [2.24, 2.45) is 0 Å². The Hall–Kier alpha value is -1.43. The largest absolute Gasteiger partial charge is 0.417 e. The fourth-order valence-electron chi connectivity index (χ4n) is 2.78. The molecule has 2 aromatic rings. The standard InChI is InChI=1S/C16H14BrF3N2O3S2/c17-13-5-6-14(26-13)27(24,25)22-9-7-21(8-10-22)15(23)11-3-1-2-4-12(11)16(18,19)20/h1-6H,7-10H2. The van der Waals surface area contributed by atoms with Crippen molar-refractivity contribution in [1.82, 2.24) is 9.21 Å². The van der Waals surface area contributed by atoms with E-state index in [-0.39, 0.29) is 30.4 Å². The molecule has 0 aliphatic carbocycles. The van der Waals surface area contributed by atoms with Crippen LogP contribution in [0.3, 0.4) is 0 Å². The van der Waals surface area contributed by atoms with Crippen LogP contribution in [0.5, 0.6) is 0 Å². The molecule has 1 aliphatic rings. The summed E-state index contributed by atoms with van der Waals surface area (Å²) >= 11 is 4.30. The van der Waals surface area contributed by atoms with E-state index in [9.17, 15) is 26.4 Å². The Morgan fingerprint density at radius 2 is 1.67 bits per heavy atom. The fraction of sp³-hybridized carbons (Fsp3) is 0.312. The van der Waals surface area contributed by atoms with Gasteiger partial charge >= 0.3 is 6.18 Å². The van der Waals surface area contributed by atoms with Gasteiger partial charge in [-0.25, -0.2) is 8.42 Å². The van der Waals surface area contributed by atoms with E-state index in [0.29, 0.717) is 3.79 Å². The van der Waals surface area contributed by atoms with Crippen LogP contribution < -0.4 is 0 Å². The quantitative estimate of drug-likeness (QED) is 0.670. The summed E-state index contributed by atoms with van der Waals surface area (Å²) in [6.07, 6.45) is -4.63. The van der Waals surface area contributed by atoms with Crippen LogP contribution in [-0.2, 0) is 16.2 Å². The average Bonchev–Trinajstić information content (AvgIpc) is 3.08. The van der Waals surface area contributed by atoms with Crippen LogP contribution in [-0.4, -0.2) is 49.7 Å². The highest BCUT2D eigenvalue weighted by Crippen LogP contribution is 2.33. The molecule has 0 bridgehead atoms. The summed E-state index contributed by atoms with van der Waals surface area (Å²) in [6.45, 7) is 0.100. The lowest BCUT2D eigenvalue weighted by Gasteiger charge is -2.34. The Bertz CT molecular complexity index is 952. The van der Waals surface area contributed by atoms with Gasteiger partial charge in [0.25, 0.3) is 15.9 Å². The van der Waals surface area contributed by atoms with Gasteiger partial charge in [0, 0.05) is 26.2 Å². The van der Waals surface area contributed by atoms with Gasteiger partial charge in [-0.15, -0.1) is 11.3 Å². The van der Waals surface area contributed by atoms with E-state index in [4.69, 9.17) is 0 Å². The number of hydrogen-bond donors (Lipinski definition) is 0. The van der Waals surface area contributed by atoms with Gasteiger partial charge in [-0.3, -0.25) is 4.79 Å². The Balaban J connectivity index is 1.74. The lowest BCUT2D eigenvalue weighted by atomic mass is 10.1.